The molecule has 0 N–H and O–H groups in total. The molecule has 0 aromatic heterocycles. The molecule has 0 bridgehead atoms. The number of halogens is 16. The molecule has 0 atom stereocenters. The molecule has 20 heteroatoms. The number of rotatable bonds is 14. The Bertz CT molecular complexity index is 1690. The molecule has 0 aliphatic carbocycles. The Morgan fingerprint density at radius 1 is 0.373 bits per heavy atom. The van der Waals surface area contributed by atoms with E-state index >= 15 is 0 Å². The van der Waals surface area contributed by atoms with Crippen LogP contribution in [0.3, 0.4) is 0 Å². The van der Waals surface area contributed by atoms with Crippen molar-refractivity contribution in [3.63, 3.8) is 0 Å². The quantitative estimate of drug-likeness (QED) is 0.0949. The second-order valence-electron chi connectivity index (χ2n) is 10.2. The van der Waals surface area contributed by atoms with E-state index in [0.29, 0.717) is 0 Å². The van der Waals surface area contributed by atoms with Gasteiger partial charge in [-0.25, -0.2) is 52.7 Å². The predicted octanol–water partition coefficient (Wildman–Crippen LogP) is 10.2. The predicted molar refractivity (Wildman–Crippen MR) is 140 cm³/mol. The van der Waals surface area contributed by atoms with Crippen LogP contribution in [0.2, 0.25) is 0 Å². The first-order valence-corrected chi connectivity index (χ1v) is 13.7. The molecule has 276 valence electrons. The van der Waals surface area contributed by atoms with E-state index in [-0.39, 0.29) is 48.5 Å². The zero-order valence-electron chi connectivity index (χ0n) is 24.6. The maximum Gasteiger partial charge on any atom is 0.432 e. The summed E-state index contributed by atoms with van der Waals surface area (Å²) in [4.78, 5) is 0. The van der Waals surface area contributed by atoms with Crippen molar-refractivity contribution in [2.24, 2.45) is 0 Å². The van der Waals surface area contributed by atoms with E-state index in [4.69, 9.17) is 9.47 Å². The molecule has 0 unspecified atom stereocenters. The fourth-order valence-electron chi connectivity index (χ4n) is 4.16. The Kier molecular flexibility index (Phi) is 11.1. The van der Waals surface area contributed by atoms with Crippen LogP contribution in [0.1, 0.15) is 24.0 Å². The summed E-state index contributed by atoms with van der Waals surface area (Å²) in [6.07, 6.45) is -12.3. The third-order valence-electron chi connectivity index (χ3n) is 6.49. The molecule has 51 heavy (non-hydrogen) atoms. The van der Waals surface area contributed by atoms with Gasteiger partial charge in [-0.05, 0) is 0 Å². The highest BCUT2D eigenvalue weighted by molar-refractivity contribution is 5.35. The van der Waals surface area contributed by atoms with Crippen LogP contribution in [0.25, 0.3) is 0 Å². The van der Waals surface area contributed by atoms with Crippen molar-refractivity contribution in [2.75, 3.05) is 13.2 Å². The molecule has 0 spiro atoms. The maximum atomic E-state index is 14.4. The summed E-state index contributed by atoms with van der Waals surface area (Å²) in [6.45, 7) is -2.03. The van der Waals surface area contributed by atoms with Crippen LogP contribution in [0.5, 0.6) is 23.0 Å². The summed E-state index contributed by atoms with van der Waals surface area (Å²) in [6, 6.07) is 0.459. The van der Waals surface area contributed by atoms with Crippen LogP contribution in [0.4, 0.5) is 70.2 Å². The topological polar surface area (TPSA) is 36.9 Å². The molecule has 0 saturated carbocycles. The number of ether oxygens (including phenoxy) is 4. The maximum absolute atomic E-state index is 14.4. The van der Waals surface area contributed by atoms with Gasteiger partial charge in [0.15, 0.2) is 34.9 Å². The van der Waals surface area contributed by atoms with Crippen molar-refractivity contribution < 1.29 is 89.2 Å². The molecule has 0 fully saturated rings. The number of hydrogen-bond donors (Lipinski definition) is 0. The second-order valence-corrected chi connectivity index (χ2v) is 10.2. The highest BCUT2D eigenvalue weighted by atomic mass is 19.3. The minimum absolute atomic E-state index is 0.0245. The van der Waals surface area contributed by atoms with Crippen molar-refractivity contribution >= 4 is 0 Å². The summed E-state index contributed by atoms with van der Waals surface area (Å²) in [5, 5.41) is 0. The Balaban J connectivity index is 1.32. The zero-order chi connectivity index (χ0) is 38.1. The molecule has 0 saturated heterocycles. The standard InChI is InChI=1S/C31H16F16O4/c32-17-5-13(6-18(33)25(17)30(44,45)50-15-9-21(36)27(40)22(37)10-15)48-3-1-29(42,43)2-4-49-14-7-19(34)26(20(35)8-14)31(46,47)51-16-11-23(38)28(41)24(39)12-16/h5-12H,1-4H2. The summed E-state index contributed by atoms with van der Waals surface area (Å²) in [5.74, 6) is -28.3. The summed E-state index contributed by atoms with van der Waals surface area (Å²) < 4.78 is 241. The third kappa shape index (κ3) is 9.20. The Labute approximate surface area is 274 Å². The van der Waals surface area contributed by atoms with Crippen LogP contribution >= 0.6 is 0 Å². The molecule has 0 heterocycles. The molecule has 4 aromatic rings. The van der Waals surface area contributed by atoms with Gasteiger partial charge < -0.3 is 18.9 Å². The summed E-state index contributed by atoms with van der Waals surface area (Å²) in [5.41, 5.74) is -4.17. The molecular weight excluding hydrogens is 740 g/mol. The molecule has 4 rings (SSSR count). The number of hydrogen-bond acceptors (Lipinski definition) is 4. The fourth-order valence-corrected chi connectivity index (χ4v) is 4.16. The number of benzene rings is 4. The average molecular weight is 756 g/mol. The lowest BCUT2D eigenvalue weighted by Gasteiger charge is -2.21. The van der Waals surface area contributed by atoms with Crippen molar-refractivity contribution in [3.05, 3.63) is 118 Å². The zero-order valence-corrected chi connectivity index (χ0v) is 24.6. The summed E-state index contributed by atoms with van der Waals surface area (Å²) >= 11 is 0. The van der Waals surface area contributed by atoms with Crippen molar-refractivity contribution in [2.45, 2.75) is 31.0 Å². The van der Waals surface area contributed by atoms with Gasteiger partial charge in [-0.3, -0.25) is 0 Å². The highest BCUT2D eigenvalue weighted by Crippen LogP contribution is 2.39. The van der Waals surface area contributed by atoms with Crippen LogP contribution in [-0.2, 0) is 12.2 Å². The normalized spacial score (nSPS) is 12.2. The molecule has 0 aliphatic rings. The van der Waals surface area contributed by atoms with Gasteiger partial charge in [-0.15, -0.1) is 0 Å². The fraction of sp³-hybridized carbons (Fsp3) is 0.226. The van der Waals surface area contributed by atoms with Crippen LogP contribution < -0.4 is 18.9 Å². The molecule has 0 amide bonds. The SMILES string of the molecule is Fc1cc(OC(F)(F)c2c(F)cc(OCCC(F)(F)CCOc3cc(F)c(C(F)(F)Oc4cc(F)c(F)c(F)c4)c(F)c3)cc2F)cc(F)c1F. The van der Waals surface area contributed by atoms with Gasteiger partial charge in [-0.1, -0.05) is 0 Å². The lowest BCUT2D eigenvalue weighted by Crippen LogP contribution is -2.26. The van der Waals surface area contributed by atoms with Gasteiger partial charge in [0.25, 0.3) is 5.92 Å². The molecule has 0 radical (unpaired) electrons. The Hall–Kier alpha value is -5.04. The van der Waals surface area contributed by atoms with Crippen LogP contribution in [0, 0.1) is 58.2 Å². The van der Waals surface area contributed by atoms with Crippen molar-refractivity contribution in [1.29, 1.82) is 0 Å². The molecule has 4 nitrogen and oxygen atoms in total. The lowest BCUT2D eigenvalue weighted by atomic mass is 10.1. The highest BCUT2D eigenvalue weighted by Gasteiger charge is 2.43. The smallest absolute Gasteiger partial charge is 0.432 e. The van der Waals surface area contributed by atoms with Gasteiger partial charge in [0.2, 0.25) is 0 Å². The molecule has 0 aliphatic heterocycles. The van der Waals surface area contributed by atoms with E-state index in [1.54, 1.807) is 0 Å². The van der Waals surface area contributed by atoms with Gasteiger partial charge in [0, 0.05) is 61.4 Å². The first kappa shape index (κ1) is 38.8. The minimum Gasteiger partial charge on any atom is -0.493 e. The largest absolute Gasteiger partial charge is 0.493 e. The molecular formula is C31H16F16O4. The van der Waals surface area contributed by atoms with Gasteiger partial charge >= 0.3 is 12.2 Å². The van der Waals surface area contributed by atoms with E-state index in [1.165, 1.54) is 0 Å². The van der Waals surface area contributed by atoms with E-state index in [9.17, 15) is 70.2 Å². The van der Waals surface area contributed by atoms with Crippen molar-refractivity contribution in [1.82, 2.24) is 0 Å². The average Bonchev–Trinajstić information content (AvgIpc) is 2.97. The Morgan fingerprint density at radius 2 is 0.627 bits per heavy atom. The second kappa shape index (κ2) is 14.7. The van der Waals surface area contributed by atoms with Gasteiger partial charge in [-0.2, -0.15) is 17.6 Å². The molecule has 4 aromatic carbocycles. The van der Waals surface area contributed by atoms with Crippen LogP contribution in [-0.4, -0.2) is 19.1 Å². The number of alkyl halides is 6. The van der Waals surface area contributed by atoms with Crippen molar-refractivity contribution in [3.8, 4) is 23.0 Å². The van der Waals surface area contributed by atoms with E-state index in [1.807, 2.05) is 0 Å². The van der Waals surface area contributed by atoms with Crippen LogP contribution in [0.15, 0.2) is 48.5 Å². The lowest BCUT2D eigenvalue weighted by molar-refractivity contribution is -0.190. The van der Waals surface area contributed by atoms with E-state index in [0.717, 1.165) is 0 Å². The Morgan fingerprint density at radius 3 is 0.902 bits per heavy atom. The van der Waals surface area contributed by atoms with E-state index < -0.39 is 136 Å². The monoisotopic (exact) mass is 756 g/mol. The van der Waals surface area contributed by atoms with E-state index in [2.05, 4.69) is 9.47 Å². The van der Waals surface area contributed by atoms with Gasteiger partial charge in [0.05, 0.1) is 13.2 Å². The third-order valence-corrected chi connectivity index (χ3v) is 6.49. The first-order chi connectivity index (χ1) is 23.6. The first-order valence-electron chi connectivity index (χ1n) is 13.7. The van der Waals surface area contributed by atoms with Gasteiger partial charge in [0.1, 0.15) is 57.4 Å². The minimum atomic E-state index is -4.93. The summed E-state index contributed by atoms with van der Waals surface area (Å²) in [7, 11) is 0.